The Kier molecular flexibility index (Phi) is 4.89. The first-order valence-electron chi connectivity index (χ1n) is 8.55. The SMILES string of the molecule is CC(=O)c1ccc(OC(=O)[C@H]2CC(=O)N(c3cc(C)ccc3C)C2)cc1. The van der Waals surface area contributed by atoms with Gasteiger partial charge in [0.1, 0.15) is 5.75 Å². The van der Waals surface area contributed by atoms with Crippen LogP contribution in [0.2, 0.25) is 0 Å². The van der Waals surface area contributed by atoms with E-state index < -0.39 is 11.9 Å². The largest absolute Gasteiger partial charge is 0.426 e. The Bertz CT molecular complexity index is 870. The van der Waals surface area contributed by atoms with Crippen LogP contribution in [-0.2, 0) is 9.59 Å². The van der Waals surface area contributed by atoms with Crippen LogP contribution in [0.25, 0.3) is 0 Å². The number of rotatable bonds is 4. The minimum absolute atomic E-state index is 0.0477. The van der Waals surface area contributed by atoms with Crippen LogP contribution in [0.1, 0.15) is 34.8 Å². The zero-order valence-corrected chi connectivity index (χ0v) is 15.1. The molecular formula is C21H21NO4. The molecule has 0 spiro atoms. The van der Waals surface area contributed by atoms with Crippen molar-refractivity contribution in [2.24, 2.45) is 5.92 Å². The summed E-state index contributed by atoms with van der Waals surface area (Å²) in [7, 11) is 0. The number of ketones is 1. The lowest BCUT2D eigenvalue weighted by molar-refractivity contribution is -0.139. The van der Waals surface area contributed by atoms with Gasteiger partial charge in [0.2, 0.25) is 5.91 Å². The molecule has 1 heterocycles. The zero-order chi connectivity index (χ0) is 18.8. The quantitative estimate of drug-likeness (QED) is 0.481. The molecule has 0 aromatic heterocycles. The number of hydrogen-bond acceptors (Lipinski definition) is 4. The monoisotopic (exact) mass is 351 g/mol. The fourth-order valence-electron chi connectivity index (χ4n) is 3.07. The average Bonchev–Trinajstić information content (AvgIpc) is 2.99. The summed E-state index contributed by atoms with van der Waals surface area (Å²) < 4.78 is 5.39. The first-order valence-corrected chi connectivity index (χ1v) is 8.55. The van der Waals surface area contributed by atoms with Gasteiger partial charge in [0, 0.05) is 24.2 Å². The van der Waals surface area contributed by atoms with Crippen LogP contribution in [0.3, 0.4) is 0 Å². The Labute approximate surface area is 152 Å². The van der Waals surface area contributed by atoms with E-state index in [-0.39, 0.29) is 18.1 Å². The summed E-state index contributed by atoms with van der Waals surface area (Å²) >= 11 is 0. The number of ether oxygens (including phenoxy) is 1. The van der Waals surface area contributed by atoms with Crippen LogP contribution < -0.4 is 9.64 Å². The first-order chi connectivity index (χ1) is 12.3. The van der Waals surface area contributed by atoms with Crippen molar-refractivity contribution in [2.45, 2.75) is 27.2 Å². The smallest absolute Gasteiger partial charge is 0.316 e. The maximum atomic E-state index is 12.4. The number of Topliss-reactive ketones (excluding diaryl/α,β-unsaturated/α-hetero) is 1. The van der Waals surface area contributed by atoms with Crippen molar-refractivity contribution in [1.82, 2.24) is 0 Å². The molecule has 2 aromatic carbocycles. The number of carbonyl (C=O) groups excluding carboxylic acids is 3. The van der Waals surface area contributed by atoms with Gasteiger partial charge in [-0.15, -0.1) is 0 Å². The molecule has 1 amide bonds. The molecule has 26 heavy (non-hydrogen) atoms. The maximum Gasteiger partial charge on any atom is 0.316 e. The van der Waals surface area contributed by atoms with Gasteiger partial charge in [-0.2, -0.15) is 0 Å². The van der Waals surface area contributed by atoms with E-state index in [0.717, 1.165) is 16.8 Å². The normalized spacial score (nSPS) is 16.7. The molecule has 1 fully saturated rings. The van der Waals surface area contributed by atoms with Crippen molar-refractivity contribution in [3.8, 4) is 5.75 Å². The number of nitrogens with zero attached hydrogens (tertiary/aromatic N) is 1. The van der Waals surface area contributed by atoms with Crippen LogP contribution in [0, 0.1) is 19.8 Å². The van der Waals surface area contributed by atoms with Crippen molar-refractivity contribution in [3.63, 3.8) is 0 Å². The van der Waals surface area contributed by atoms with Crippen molar-refractivity contribution in [2.75, 3.05) is 11.4 Å². The molecule has 0 radical (unpaired) electrons. The van der Waals surface area contributed by atoms with E-state index in [0.29, 0.717) is 17.9 Å². The number of carbonyl (C=O) groups is 3. The molecule has 0 N–H and O–H groups in total. The fourth-order valence-corrected chi connectivity index (χ4v) is 3.07. The molecular weight excluding hydrogens is 330 g/mol. The molecule has 1 saturated heterocycles. The van der Waals surface area contributed by atoms with Gasteiger partial charge in [-0.25, -0.2) is 0 Å². The topological polar surface area (TPSA) is 63.7 Å². The van der Waals surface area contributed by atoms with Gasteiger partial charge in [-0.3, -0.25) is 14.4 Å². The summed E-state index contributed by atoms with van der Waals surface area (Å²) in [6.07, 6.45) is 0.137. The van der Waals surface area contributed by atoms with Gasteiger partial charge < -0.3 is 9.64 Å². The van der Waals surface area contributed by atoms with E-state index in [1.54, 1.807) is 29.2 Å². The van der Waals surface area contributed by atoms with E-state index in [9.17, 15) is 14.4 Å². The van der Waals surface area contributed by atoms with E-state index >= 15 is 0 Å². The van der Waals surface area contributed by atoms with E-state index in [2.05, 4.69) is 0 Å². The molecule has 1 atom stereocenters. The van der Waals surface area contributed by atoms with Crippen molar-refractivity contribution in [3.05, 3.63) is 59.2 Å². The lowest BCUT2D eigenvalue weighted by Crippen LogP contribution is -2.27. The molecule has 0 bridgehead atoms. The molecule has 1 aliphatic heterocycles. The molecule has 134 valence electrons. The number of benzene rings is 2. The Balaban J connectivity index is 1.70. The van der Waals surface area contributed by atoms with Gasteiger partial charge in [0.25, 0.3) is 0 Å². The lowest BCUT2D eigenvalue weighted by atomic mass is 10.1. The highest BCUT2D eigenvalue weighted by Gasteiger charge is 2.37. The number of esters is 1. The van der Waals surface area contributed by atoms with Gasteiger partial charge in [0.05, 0.1) is 5.92 Å². The van der Waals surface area contributed by atoms with Crippen molar-refractivity contribution >= 4 is 23.3 Å². The van der Waals surface area contributed by atoms with Crippen LogP contribution in [-0.4, -0.2) is 24.2 Å². The van der Waals surface area contributed by atoms with Crippen LogP contribution in [0.5, 0.6) is 5.75 Å². The number of aryl methyl sites for hydroxylation is 2. The Morgan fingerprint density at radius 3 is 2.42 bits per heavy atom. The number of anilines is 1. The molecule has 2 aromatic rings. The highest BCUT2D eigenvalue weighted by Crippen LogP contribution is 2.29. The number of amides is 1. The maximum absolute atomic E-state index is 12.4. The van der Waals surface area contributed by atoms with Crippen LogP contribution >= 0.6 is 0 Å². The van der Waals surface area contributed by atoms with Crippen molar-refractivity contribution < 1.29 is 19.1 Å². The Hall–Kier alpha value is -2.95. The Morgan fingerprint density at radius 2 is 1.77 bits per heavy atom. The third-order valence-corrected chi connectivity index (χ3v) is 4.59. The highest BCUT2D eigenvalue weighted by molar-refractivity contribution is 6.00. The molecule has 5 heteroatoms. The summed E-state index contributed by atoms with van der Waals surface area (Å²) in [4.78, 5) is 37.8. The van der Waals surface area contributed by atoms with Crippen molar-refractivity contribution in [1.29, 1.82) is 0 Å². The summed E-state index contributed by atoms with van der Waals surface area (Å²) in [6, 6.07) is 12.3. The highest BCUT2D eigenvalue weighted by atomic mass is 16.5. The predicted molar refractivity (Wildman–Crippen MR) is 98.5 cm³/mol. The fraction of sp³-hybridized carbons (Fsp3) is 0.286. The molecule has 3 rings (SSSR count). The summed E-state index contributed by atoms with van der Waals surface area (Å²) in [5, 5.41) is 0. The number of hydrogen-bond donors (Lipinski definition) is 0. The summed E-state index contributed by atoms with van der Waals surface area (Å²) in [6.45, 7) is 5.71. The second-order valence-corrected chi connectivity index (χ2v) is 6.70. The van der Waals surface area contributed by atoms with E-state index in [1.807, 2.05) is 32.0 Å². The third-order valence-electron chi connectivity index (χ3n) is 4.59. The second-order valence-electron chi connectivity index (χ2n) is 6.70. The molecule has 0 aliphatic carbocycles. The van der Waals surface area contributed by atoms with Crippen LogP contribution in [0.4, 0.5) is 5.69 Å². The third kappa shape index (κ3) is 3.67. The van der Waals surface area contributed by atoms with Gasteiger partial charge in [0.15, 0.2) is 5.78 Å². The molecule has 0 saturated carbocycles. The van der Waals surface area contributed by atoms with Gasteiger partial charge in [-0.05, 0) is 62.2 Å². The standard InChI is InChI=1S/C21H21NO4/c1-13-4-5-14(2)19(10-13)22-12-17(11-20(22)24)21(25)26-18-8-6-16(7-9-18)15(3)23/h4-10,17H,11-12H2,1-3H3/t17-/m0/s1. The first kappa shape index (κ1) is 17.9. The molecule has 0 unspecified atom stereocenters. The van der Waals surface area contributed by atoms with Gasteiger partial charge >= 0.3 is 5.97 Å². The molecule has 5 nitrogen and oxygen atoms in total. The minimum atomic E-state index is -0.505. The van der Waals surface area contributed by atoms with E-state index in [4.69, 9.17) is 4.74 Å². The average molecular weight is 351 g/mol. The predicted octanol–water partition coefficient (Wildman–Crippen LogP) is 3.46. The second kappa shape index (κ2) is 7.12. The Morgan fingerprint density at radius 1 is 1.08 bits per heavy atom. The van der Waals surface area contributed by atoms with Gasteiger partial charge in [-0.1, -0.05) is 12.1 Å². The molecule has 1 aliphatic rings. The van der Waals surface area contributed by atoms with Crippen LogP contribution in [0.15, 0.2) is 42.5 Å². The minimum Gasteiger partial charge on any atom is -0.426 e. The lowest BCUT2D eigenvalue weighted by Gasteiger charge is -2.19. The summed E-state index contributed by atoms with van der Waals surface area (Å²) in [5.74, 6) is -0.685. The summed E-state index contributed by atoms with van der Waals surface area (Å²) in [5.41, 5.74) is 3.46. The zero-order valence-electron chi connectivity index (χ0n) is 15.1. The van der Waals surface area contributed by atoms with E-state index in [1.165, 1.54) is 6.92 Å².